The minimum Gasteiger partial charge on any atom is -0.338 e. The van der Waals surface area contributed by atoms with Crippen LogP contribution in [0.1, 0.15) is 18.1 Å². The number of anilines is 2. The first-order chi connectivity index (χ1) is 8.24. The highest BCUT2D eigenvalue weighted by atomic mass is 15.0. The van der Waals surface area contributed by atoms with E-state index in [2.05, 4.69) is 40.4 Å². The molecule has 0 spiro atoms. The Morgan fingerprint density at radius 3 is 2.88 bits per heavy atom. The van der Waals surface area contributed by atoms with Gasteiger partial charge in [0, 0.05) is 23.2 Å². The number of aryl methyl sites for hydroxylation is 1. The van der Waals surface area contributed by atoms with Gasteiger partial charge in [-0.05, 0) is 38.1 Å². The number of rotatable bonds is 0. The maximum atomic E-state index is 4.61. The molecule has 2 aromatic rings. The molecule has 1 aliphatic rings. The molecule has 0 aliphatic carbocycles. The topological polar surface area (TPSA) is 37.3 Å². The van der Waals surface area contributed by atoms with Crippen molar-refractivity contribution in [2.45, 2.75) is 13.8 Å². The summed E-state index contributed by atoms with van der Waals surface area (Å²) in [6.07, 6.45) is 1.77. The molecule has 0 fully saturated rings. The molecule has 0 bridgehead atoms. The van der Waals surface area contributed by atoms with Gasteiger partial charge in [0.05, 0.1) is 0 Å². The lowest BCUT2D eigenvalue weighted by Crippen LogP contribution is -1.99. The average molecular weight is 223 g/mol. The second kappa shape index (κ2) is 3.70. The van der Waals surface area contributed by atoms with Crippen molar-refractivity contribution in [1.29, 1.82) is 0 Å². The van der Waals surface area contributed by atoms with Gasteiger partial charge in [0.25, 0.3) is 0 Å². The van der Waals surface area contributed by atoms with Crippen molar-refractivity contribution in [3.8, 4) is 0 Å². The van der Waals surface area contributed by atoms with Crippen molar-refractivity contribution in [2.75, 3.05) is 5.32 Å². The summed E-state index contributed by atoms with van der Waals surface area (Å²) < 4.78 is 0. The van der Waals surface area contributed by atoms with E-state index in [4.69, 9.17) is 0 Å². The standard InChI is InChI=1S/C14H13N3/c1-9-5-6-12-11(8-9)10(2)16-13-4-3-7-15-14(13)17-12/h3-8H,1-2H3,(H,15,17). The summed E-state index contributed by atoms with van der Waals surface area (Å²) in [5.74, 6) is 0.814. The summed E-state index contributed by atoms with van der Waals surface area (Å²) in [7, 11) is 0. The molecule has 0 atom stereocenters. The molecule has 3 nitrogen and oxygen atoms in total. The molecule has 1 aliphatic heterocycles. The maximum Gasteiger partial charge on any atom is 0.156 e. The molecular weight excluding hydrogens is 210 g/mol. The molecular formula is C14H13N3. The Kier molecular flexibility index (Phi) is 2.18. The summed E-state index contributed by atoms with van der Waals surface area (Å²) in [5.41, 5.74) is 5.35. The Balaban J connectivity index is 2.24. The van der Waals surface area contributed by atoms with Crippen LogP contribution in [0.5, 0.6) is 0 Å². The van der Waals surface area contributed by atoms with E-state index in [1.54, 1.807) is 6.20 Å². The van der Waals surface area contributed by atoms with Gasteiger partial charge < -0.3 is 5.32 Å². The lowest BCUT2D eigenvalue weighted by Gasteiger charge is -2.09. The van der Waals surface area contributed by atoms with Crippen molar-refractivity contribution >= 4 is 22.9 Å². The van der Waals surface area contributed by atoms with Crippen LogP contribution in [-0.2, 0) is 0 Å². The van der Waals surface area contributed by atoms with Crippen LogP contribution in [0.2, 0.25) is 0 Å². The van der Waals surface area contributed by atoms with Gasteiger partial charge >= 0.3 is 0 Å². The highest BCUT2D eigenvalue weighted by Crippen LogP contribution is 2.32. The molecule has 0 saturated heterocycles. The fraction of sp³-hybridized carbons (Fsp3) is 0.143. The Morgan fingerprint density at radius 2 is 2.00 bits per heavy atom. The SMILES string of the molecule is CC1=Nc2cccnc2Nc2ccc(C)cc21. The average Bonchev–Trinajstić information content (AvgIpc) is 2.46. The highest BCUT2D eigenvalue weighted by Gasteiger charge is 2.13. The van der Waals surface area contributed by atoms with E-state index in [1.807, 2.05) is 19.1 Å². The minimum atomic E-state index is 0.814. The number of aromatic nitrogens is 1. The quantitative estimate of drug-likeness (QED) is 0.741. The molecule has 3 rings (SSSR count). The molecule has 0 radical (unpaired) electrons. The van der Waals surface area contributed by atoms with Gasteiger partial charge in [0.2, 0.25) is 0 Å². The van der Waals surface area contributed by atoms with Crippen LogP contribution in [0.25, 0.3) is 0 Å². The Bertz CT molecular complexity index is 615. The van der Waals surface area contributed by atoms with Crippen LogP contribution >= 0.6 is 0 Å². The Labute approximate surface area is 100 Å². The van der Waals surface area contributed by atoms with Crippen LogP contribution in [0, 0.1) is 6.92 Å². The smallest absolute Gasteiger partial charge is 0.156 e. The normalized spacial score (nSPS) is 12.9. The van der Waals surface area contributed by atoms with Gasteiger partial charge in [-0.1, -0.05) is 11.6 Å². The lowest BCUT2D eigenvalue weighted by molar-refractivity contribution is 1.30. The maximum absolute atomic E-state index is 4.61. The van der Waals surface area contributed by atoms with Crippen molar-refractivity contribution in [3.63, 3.8) is 0 Å². The number of nitrogens with zero attached hydrogens (tertiary/aromatic N) is 2. The number of aliphatic imine (C=N–C) groups is 1. The molecule has 17 heavy (non-hydrogen) atoms. The fourth-order valence-electron chi connectivity index (χ4n) is 2.02. The Hall–Kier alpha value is -2.16. The van der Waals surface area contributed by atoms with Crippen molar-refractivity contribution in [3.05, 3.63) is 47.7 Å². The van der Waals surface area contributed by atoms with E-state index in [-0.39, 0.29) is 0 Å². The zero-order valence-electron chi connectivity index (χ0n) is 9.86. The number of hydrogen-bond donors (Lipinski definition) is 1. The van der Waals surface area contributed by atoms with Crippen LogP contribution in [0.15, 0.2) is 41.5 Å². The van der Waals surface area contributed by atoms with Gasteiger partial charge in [0.1, 0.15) is 5.69 Å². The second-order valence-electron chi connectivity index (χ2n) is 4.24. The van der Waals surface area contributed by atoms with Crippen LogP contribution in [0.3, 0.4) is 0 Å². The van der Waals surface area contributed by atoms with Gasteiger partial charge in [0.15, 0.2) is 5.82 Å². The molecule has 84 valence electrons. The number of pyridine rings is 1. The third kappa shape index (κ3) is 1.69. The van der Waals surface area contributed by atoms with E-state index < -0.39 is 0 Å². The van der Waals surface area contributed by atoms with E-state index >= 15 is 0 Å². The van der Waals surface area contributed by atoms with E-state index in [9.17, 15) is 0 Å². The fourth-order valence-corrected chi connectivity index (χ4v) is 2.02. The summed E-state index contributed by atoms with van der Waals surface area (Å²) >= 11 is 0. The monoisotopic (exact) mass is 223 g/mol. The van der Waals surface area contributed by atoms with Crippen LogP contribution in [-0.4, -0.2) is 10.7 Å². The first kappa shape index (κ1) is 10.0. The number of hydrogen-bond acceptors (Lipinski definition) is 3. The summed E-state index contributed by atoms with van der Waals surface area (Å²) in [5, 5.41) is 3.33. The van der Waals surface area contributed by atoms with Gasteiger partial charge in [-0.15, -0.1) is 0 Å². The van der Waals surface area contributed by atoms with Crippen molar-refractivity contribution < 1.29 is 0 Å². The Morgan fingerprint density at radius 1 is 1.12 bits per heavy atom. The van der Waals surface area contributed by atoms with E-state index in [0.29, 0.717) is 0 Å². The van der Waals surface area contributed by atoms with Crippen LogP contribution in [0.4, 0.5) is 17.2 Å². The van der Waals surface area contributed by atoms with Crippen molar-refractivity contribution in [2.24, 2.45) is 4.99 Å². The molecule has 0 unspecified atom stereocenters. The predicted octanol–water partition coefficient (Wildman–Crippen LogP) is 3.59. The van der Waals surface area contributed by atoms with Crippen LogP contribution < -0.4 is 5.32 Å². The summed E-state index contributed by atoms with van der Waals surface area (Å²) in [4.78, 5) is 8.93. The minimum absolute atomic E-state index is 0.814. The highest BCUT2D eigenvalue weighted by molar-refractivity contribution is 6.07. The first-order valence-electron chi connectivity index (χ1n) is 5.62. The third-order valence-electron chi connectivity index (χ3n) is 2.89. The molecule has 0 amide bonds. The largest absolute Gasteiger partial charge is 0.338 e. The molecule has 1 N–H and O–H groups in total. The number of benzene rings is 1. The molecule has 0 saturated carbocycles. The molecule has 3 heteroatoms. The number of fused-ring (bicyclic) bond motifs is 2. The first-order valence-corrected chi connectivity index (χ1v) is 5.62. The zero-order valence-corrected chi connectivity index (χ0v) is 9.86. The molecule has 1 aromatic heterocycles. The second-order valence-corrected chi connectivity index (χ2v) is 4.24. The summed E-state index contributed by atoms with van der Waals surface area (Å²) in [6.45, 7) is 4.12. The van der Waals surface area contributed by atoms with E-state index in [0.717, 1.165) is 28.5 Å². The molecule has 2 heterocycles. The predicted molar refractivity (Wildman–Crippen MR) is 70.6 cm³/mol. The molecule has 1 aromatic carbocycles. The number of nitrogens with one attached hydrogen (secondary N) is 1. The van der Waals surface area contributed by atoms with E-state index in [1.165, 1.54) is 5.56 Å². The van der Waals surface area contributed by atoms with Gasteiger partial charge in [-0.25, -0.2) is 9.98 Å². The van der Waals surface area contributed by atoms with Gasteiger partial charge in [-0.2, -0.15) is 0 Å². The zero-order chi connectivity index (χ0) is 11.8. The van der Waals surface area contributed by atoms with Crippen molar-refractivity contribution in [1.82, 2.24) is 4.98 Å². The lowest BCUT2D eigenvalue weighted by atomic mass is 10.1. The third-order valence-corrected chi connectivity index (χ3v) is 2.89. The van der Waals surface area contributed by atoms with Gasteiger partial charge in [-0.3, -0.25) is 0 Å². The summed E-state index contributed by atoms with van der Waals surface area (Å²) in [6, 6.07) is 10.2.